The number of carboxylic acid groups (broad SMARTS) is 1. The molecule has 21 heavy (non-hydrogen) atoms. The number of aliphatic carboxylic acids is 1. The van der Waals surface area contributed by atoms with Crippen molar-refractivity contribution >= 4 is 23.0 Å². The summed E-state index contributed by atoms with van der Waals surface area (Å²) in [5.41, 5.74) is 1.16. The van der Waals surface area contributed by atoms with Gasteiger partial charge in [0, 0.05) is 11.4 Å². The summed E-state index contributed by atoms with van der Waals surface area (Å²) in [4.78, 5) is 14.2. The van der Waals surface area contributed by atoms with E-state index >= 15 is 0 Å². The van der Waals surface area contributed by atoms with Gasteiger partial charge in [-0.3, -0.25) is 0 Å². The summed E-state index contributed by atoms with van der Waals surface area (Å²) in [6.45, 7) is 0.438. The number of halogens is 1. The molecule has 1 unspecified atom stereocenters. The van der Waals surface area contributed by atoms with Gasteiger partial charge in [0.15, 0.2) is 6.04 Å². The molecule has 2 aromatic rings. The Morgan fingerprint density at radius 2 is 2.29 bits per heavy atom. The third-order valence-electron chi connectivity index (χ3n) is 3.59. The number of thiophene rings is 1. The van der Waals surface area contributed by atoms with E-state index in [9.17, 15) is 14.3 Å². The van der Waals surface area contributed by atoms with Crippen molar-refractivity contribution in [2.75, 3.05) is 11.4 Å². The predicted molar refractivity (Wildman–Crippen MR) is 76.9 cm³/mol. The molecule has 106 valence electrons. The van der Waals surface area contributed by atoms with Gasteiger partial charge in [-0.25, -0.2) is 9.18 Å². The maximum atomic E-state index is 14.2. The molecule has 0 amide bonds. The molecule has 0 spiro atoms. The average Bonchev–Trinajstić information content (AvgIpc) is 2.94. The molecule has 0 saturated heterocycles. The van der Waals surface area contributed by atoms with Gasteiger partial charge in [0.2, 0.25) is 0 Å². The van der Waals surface area contributed by atoms with E-state index in [4.69, 9.17) is 5.26 Å². The van der Waals surface area contributed by atoms with Crippen molar-refractivity contribution in [2.45, 2.75) is 12.5 Å². The Balaban J connectivity index is 2.06. The number of nitrogens with zero attached hydrogens (tertiary/aromatic N) is 2. The van der Waals surface area contributed by atoms with Crippen LogP contribution in [0.15, 0.2) is 29.6 Å². The Labute approximate surface area is 124 Å². The van der Waals surface area contributed by atoms with Crippen LogP contribution >= 0.6 is 11.3 Å². The largest absolute Gasteiger partial charge is 0.479 e. The number of anilines is 1. The number of benzene rings is 1. The molecule has 0 fully saturated rings. The minimum atomic E-state index is -1.00. The number of hydrogen-bond donors (Lipinski definition) is 1. The number of hydrogen-bond acceptors (Lipinski definition) is 4. The van der Waals surface area contributed by atoms with E-state index < -0.39 is 17.8 Å². The van der Waals surface area contributed by atoms with E-state index in [-0.39, 0.29) is 11.3 Å². The Hall–Kier alpha value is -2.39. The second-order valence-electron chi connectivity index (χ2n) is 4.76. The number of nitriles is 1. The fourth-order valence-corrected chi connectivity index (χ4v) is 3.56. The fraction of sp³-hybridized carbons (Fsp3) is 0.200. The zero-order chi connectivity index (χ0) is 15.0. The monoisotopic (exact) mass is 302 g/mol. The van der Waals surface area contributed by atoms with Crippen LogP contribution in [-0.4, -0.2) is 17.6 Å². The van der Waals surface area contributed by atoms with Crippen molar-refractivity contribution in [2.24, 2.45) is 0 Å². The van der Waals surface area contributed by atoms with Crippen LogP contribution in [0.5, 0.6) is 0 Å². The highest BCUT2D eigenvalue weighted by molar-refractivity contribution is 7.10. The van der Waals surface area contributed by atoms with Crippen LogP contribution < -0.4 is 4.90 Å². The van der Waals surface area contributed by atoms with Crippen molar-refractivity contribution in [3.63, 3.8) is 0 Å². The lowest BCUT2D eigenvalue weighted by molar-refractivity contribution is -0.138. The highest BCUT2D eigenvalue weighted by Gasteiger charge is 2.35. The molecule has 1 aliphatic rings. The summed E-state index contributed by atoms with van der Waals surface area (Å²) in [5, 5.41) is 20.2. The van der Waals surface area contributed by atoms with Gasteiger partial charge in [-0.2, -0.15) is 5.26 Å². The molecular formula is C15H11FN2O2S. The first kappa shape index (κ1) is 13.6. The van der Waals surface area contributed by atoms with Gasteiger partial charge in [0.25, 0.3) is 0 Å². The molecule has 6 heteroatoms. The quantitative estimate of drug-likeness (QED) is 0.926. The normalized spacial score (nSPS) is 17.1. The lowest BCUT2D eigenvalue weighted by Gasteiger charge is -2.35. The van der Waals surface area contributed by atoms with Crippen molar-refractivity contribution in [3.05, 3.63) is 51.5 Å². The standard InChI is InChI=1S/C15H11FN2O2S/c16-11-7-9(8-17)1-2-12(11)18-5-3-13-10(4-6-21-13)14(18)15(19)20/h1-2,4,6-7,14H,3,5H2,(H,19,20). The molecule has 1 N–H and O–H groups in total. The topological polar surface area (TPSA) is 64.3 Å². The minimum Gasteiger partial charge on any atom is -0.479 e. The summed E-state index contributed by atoms with van der Waals surface area (Å²) >= 11 is 1.53. The SMILES string of the molecule is N#Cc1ccc(N2CCc3sccc3C2C(=O)O)c(F)c1. The summed E-state index contributed by atoms with van der Waals surface area (Å²) in [6, 6.07) is 6.88. The lowest BCUT2D eigenvalue weighted by atomic mass is 9.99. The summed E-state index contributed by atoms with van der Waals surface area (Å²) in [6.07, 6.45) is 0.691. The average molecular weight is 302 g/mol. The van der Waals surface area contributed by atoms with E-state index in [0.29, 0.717) is 13.0 Å². The van der Waals surface area contributed by atoms with Gasteiger partial charge >= 0.3 is 5.97 Å². The van der Waals surface area contributed by atoms with E-state index in [1.807, 2.05) is 11.4 Å². The number of rotatable bonds is 2. The van der Waals surface area contributed by atoms with Gasteiger partial charge < -0.3 is 10.0 Å². The van der Waals surface area contributed by atoms with Crippen LogP contribution in [0.2, 0.25) is 0 Å². The lowest BCUT2D eigenvalue weighted by Crippen LogP contribution is -2.39. The maximum absolute atomic E-state index is 14.2. The van der Waals surface area contributed by atoms with Gasteiger partial charge in [-0.15, -0.1) is 11.3 Å². The maximum Gasteiger partial charge on any atom is 0.331 e. The molecule has 0 saturated carbocycles. The molecule has 1 aromatic heterocycles. The van der Waals surface area contributed by atoms with Crippen LogP contribution in [-0.2, 0) is 11.2 Å². The first-order chi connectivity index (χ1) is 10.1. The number of fused-ring (bicyclic) bond motifs is 1. The summed E-state index contributed by atoms with van der Waals surface area (Å²) < 4.78 is 14.2. The van der Waals surface area contributed by atoms with Crippen molar-refractivity contribution < 1.29 is 14.3 Å². The molecule has 4 nitrogen and oxygen atoms in total. The Bertz CT molecular complexity index is 750. The molecule has 2 heterocycles. The second-order valence-corrected chi connectivity index (χ2v) is 5.76. The third kappa shape index (κ3) is 2.26. The van der Waals surface area contributed by atoms with E-state index in [1.54, 1.807) is 11.0 Å². The minimum absolute atomic E-state index is 0.219. The third-order valence-corrected chi connectivity index (χ3v) is 4.58. The number of carbonyl (C=O) groups is 1. The fourth-order valence-electron chi connectivity index (χ4n) is 2.65. The zero-order valence-corrected chi connectivity index (χ0v) is 11.7. The Morgan fingerprint density at radius 1 is 1.48 bits per heavy atom. The van der Waals surface area contributed by atoms with Crippen LogP contribution in [0, 0.1) is 17.1 Å². The molecule has 1 atom stereocenters. The van der Waals surface area contributed by atoms with Gasteiger partial charge in [-0.05, 0) is 41.6 Å². The number of carboxylic acids is 1. The Kier molecular flexibility index (Phi) is 3.35. The predicted octanol–water partition coefficient (Wildman–Crippen LogP) is 2.95. The van der Waals surface area contributed by atoms with Crippen molar-refractivity contribution in [1.82, 2.24) is 0 Å². The van der Waals surface area contributed by atoms with Crippen LogP contribution in [0.1, 0.15) is 22.0 Å². The zero-order valence-electron chi connectivity index (χ0n) is 10.9. The highest BCUT2D eigenvalue weighted by Crippen LogP contribution is 2.37. The van der Waals surface area contributed by atoms with E-state index in [0.717, 1.165) is 16.5 Å². The van der Waals surface area contributed by atoms with Gasteiger partial charge in [0.1, 0.15) is 5.82 Å². The summed E-state index contributed by atoms with van der Waals surface area (Å²) in [7, 11) is 0. The van der Waals surface area contributed by atoms with Gasteiger partial charge in [-0.1, -0.05) is 0 Å². The molecule has 1 aliphatic heterocycles. The van der Waals surface area contributed by atoms with Crippen LogP contribution in [0.3, 0.4) is 0 Å². The molecule has 3 rings (SSSR count). The van der Waals surface area contributed by atoms with E-state index in [2.05, 4.69) is 0 Å². The van der Waals surface area contributed by atoms with Crippen molar-refractivity contribution in [3.8, 4) is 6.07 Å². The van der Waals surface area contributed by atoms with Crippen LogP contribution in [0.4, 0.5) is 10.1 Å². The van der Waals surface area contributed by atoms with E-state index in [1.165, 1.54) is 23.5 Å². The second kappa shape index (κ2) is 5.19. The first-order valence-corrected chi connectivity index (χ1v) is 7.25. The van der Waals surface area contributed by atoms with Crippen LogP contribution in [0.25, 0.3) is 0 Å². The highest BCUT2D eigenvalue weighted by atomic mass is 32.1. The molecule has 0 bridgehead atoms. The molecule has 0 aliphatic carbocycles. The van der Waals surface area contributed by atoms with Gasteiger partial charge in [0.05, 0.1) is 17.3 Å². The first-order valence-electron chi connectivity index (χ1n) is 6.37. The molecule has 0 radical (unpaired) electrons. The smallest absolute Gasteiger partial charge is 0.331 e. The van der Waals surface area contributed by atoms with Crippen molar-refractivity contribution in [1.29, 1.82) is 5.26 Å². The Morgan fingerprint density at radius 3 is 2.95 bits per heavy atom. The molecule has 1 aromatic carbocycles. The summed E-state index contributed by atoms with van der Waals surface area (Å²) in [5.74, 6) is -1.57. The molecular weight excluding hydrogens is 291 g/mol.